The minimum atomic E-state index is -0.0428. The molecule has 5 N–H and O–H groups in total. The second kappa shape index (κ2) is 39.5. The zero-order valence-corrected chi connectivity index (χ0v) is 82.8. The fraction of sp³-hybridized carbons (Fsp3) is 0.349. The van der Waals surface area contributed by atoms with Crippen LogP contribution in [-0.4, -0.2) is 249 Å². The van der Waals surface area contributed by atoms with Crippen LogP contribution >= 0.6 is 22.7 Å². The second-order valence-electron chi connectivity index (χ2n) is 39.3. The van der Waals surface area contributed by atoms with Crippen molar-refractivity contribution in [2.75, 3.05) is 65.8 Å². The third kappa shape index (κ3) is 17.0. The predicted octanol–water partition coefficient (Wildman–Crippen LogP) is 12.5. The Labute approximate surface area is 861 Å². The number of β-amino-alcohol motifs (C(OH)–C–C–N with tert-alkyl or cyclic N) is 5. The lowest BCUT2D eigenvalue weighted by Crippen LogP contribution is -2.30. The van der Waals surface area contributed by atoms with Crippen molar-refractivity contribution in [3.63, 3.8) is 0 Å². The van der Waals surface area contributed by atoms with Crippen LogP contribution < -0.4 is 0 Å². The number of aliphatic hydroxyl groups is 5. The number of nitrogens with zero attached hydrogens (tertiary/aromatic N) is 26. The first-order chi connectivity index (χ1) is 73.5. The molecule has 5 fully saturated rings. The first-order valence-corrected chi connectivity index (χ1v) is 52.0. The highest BCUT2D eigenvalue weighted by atomic mass is 32.1. The van der Waals surface area contributed by atoms with Crippen LogP contribution in [0.25, 0.3) is 136 Å². The average molecular weight is 2060 g/mol. The Morgan fingerprint density at radius 2 is 0.773 bits per heavy atom. The zero-order chi connectivity index (χ0) is 102. The number of aliphatic hydroxyl groups excluding tert-OH is 5. The number of hydrogen-bond donors (Lipinski definition) is 5. The molecule has 11 aliphatic rings. The van der Waals surface area contributed by atoms with E-state index in [9.17, 15) is 49.5 Å². The Bertz CT molecular complexity index is 8150. The molecule has 44 heteroatoms. The Hall–Kier alpha value is -16.1. The summed E-state index contributed by atoms with van der Waals surface area (Å²) in [6.45, 7) is 6.91. The van der Waals surface area contributed by atoms with Gasteiger partial charge in [-0.15, -0.1) is 22.7 Å². The molecule has 0 bridgehead atoms. The second-order valence-corrected chi connectivity index (χ2v) is 41.3. The van der Waals surface area contributed by atoms with Gasteiger partial charge in [-0.1, -0.05) is 136 Å². The van der Waals surface area contributed by atoms with Gasteiger partial charge in [0.05, 0.1) is 69.4 Å². The summed E-state index contributed by atoms with van der Waals surface area (Å²) in [4.78, 5) is 125. The number of benzene rings is 5. The van der Waals surface area contributed by atoms with E-state index < -0.39 is 0 Å². The lowest BCUT2D eigenvalue weighted by molar-refractivity contribution is -0.130. The average Bonchev–Trinajstić information content (AvgIpc) is 1.60. The number of aromatic nitrogens is 21. The minimum Gasteiger partial charge on any atom is -0.395 e. The van der Waals surface area contributed by atoms with E-state index in [-0.39, 0.29) is 128 Å². The third-order valence-corrected chi connectivity index (χ3v) is 32.5. The monoisotopic (exact) mass is 2050 g/mol. The van der Waals surface area contributed by atoms with Crippen molar-refractivity contribution in [3.05, 3.63) is 237 Å². The molecule has 6 aliphatic heterocycles. The van der Waals surface area contributed by atoms with E-state index in [1.807, 2.05) is 119 Å². The minimum absolute atomic E-state index is 0.00244. The van der Waals surface area contributed by atoms with Gasteiger partial charge in [-0.2, -0.15) is 24.9 Å². The molecule has 0 radical (unpaired) electrons. The molecule has 19 heterocycles. The standard InChI is InChI=1S/C22H23N5O3.2C21H18N6O3.C21H17N5O4S.C21H22N4O3S/c28-9-8-27-19(29)11-13-10-16-14(20(13)27)4-3-5-15(16)21-24-22(30-25-21)17-12-26-7-2-1-6-18(26)23-17;28-8-7-27-17(29)10-12-9-15-13(18(12)27)3-1-4-14(15)19-24-20(30-25-19)16-11-26-6-2-5-22-21(26)23-16;28-8-7-27-17(29)10-12-9-15-13(18(12)27)3-1-4-14(15)19-24-20(30-25-19)16-11-23-21-22-5-2-6-26(16)21;27-6-5-26-17(28)9-11-8-14-12(18(11)26)2-1-3-13(14)19-23-20(30-25-19)15-10-16(29-24-15)21-22-4-7-31-21;1-11(2)16-10-22-21(29-16)20-23-19(24-28-20)14-5-3-4-13-15(14)8-12-9-17(27)25(6-7-26)18(12)13/h3-5,12-13,20,28H,1-2,6-11H2;2*1-6,11-12,18,28H,7-10H2;1-4,7,10-11,18,27H,5-6,8-9H2;3-5,10-12,18,26H,6-9H2,1-2H3. The number of thiazole rings is 2. The maximum absolute atomic E-state index is 12.4. The molecule has 5 aliphatic carbocycles. The van der Waals surface area contributed by atoms with Crippen molar-refractivity contribution >= 4 is 63.8 Å². The predicted molar refractivity (Wildman–Crippen MR) is 535 cm³/mol. The van der Waals surface area contributed by atoms with Gasteiger partial charge in [0, 0.05) is 172 Å². The van der Waals surface area contributed by atoms with E-state index in [0.29, 0.717) is 158 Å². The van der Waals surface area contributed by atoms with Crippen LogP contribution in [0, 0.1) is 29.6 Å². The highest BCUT2D eigenvalue weighted by Crippen LogP contribution is 2.56. The summed E-state index contributed by atoms with van der Waals surface area (Å²) in [6, 6.07) is 35.6. The molecule has 5 saturated heterocycles. The normalized spacial score (nSPS) is 20.6. The molecule has 150 heavy (non-hydrogen) atoms. The van der Waals surface area contributed by atoms with Gasteiger partial charge >= 0.3 is 0 Å². The van der Waals surface area contributed by atoms with Gasteiger partial charge in [0.15, 0.2) is 21.5 Å². The highest BCUT2D eigenvalue weighted by Gasteiger charge is 2.52. The van der Waals surface area contributed by atoms with E-state index in [1.54, 1.807) is 71.9 Å². The highest BCUT2D eigenvalue weighted by molar-refractivity contribution is 7.15. The Morgan fingerprint density at radius 1 is 0.373 bits per heavy atom. The molecule has 10 unspecified atom stereocenters. The van der Waals surface area contributed by atoms with E-state index >= 15 is 0 Å². The van der Waals surface area contributed by atoms with Gasteiger partial charge < -0.3 is 81.7 Å². The largest absolute Gasteiger partial charge is 0.395 e. The summed E-state index contributed by atoms with van der Waals surface area (Å²) >= 11 is 3.03. The molecule has 0 spiro atoms. The molecule has 760 valence electrons. The quantitative estimate of drug-likeness (QED) is 0.0421. The number of fused-ring (bicyclic) bond motifs is 18. The number of hydrogen-bond acceptors (Lipinski definition) is 36. The summed E-state index contributed by atoms with van der Waals surface area (Å²) in [5.41, 5.74) is 18.4. The number of amides is 5. The van der Waals surface area contributed by atoms with Crippen molar-refractivity contribution in [1.82, 2.24) is 129 Å². The SMILES string of the molecule is CC(C)c1cnc(-c2nc(-c3cccc4c3CC3CC(=O)N(CCO)C43)no2)s1.O=C1CC2Cc3c(-c4noc(-c5cc(-c6nccs6)on5)n4)cccc3C2N1CCO.O=C1CC2Cc3c(-c4noc(-c5cn6c(n5)CCCC6)n4)cccc3C2N1CCO.O=C1CC2Cc3c(-c4noc(-c5cn6cccnc6n5)n4)cccc3C2N1CCO.O=C1CC2Cc3c(-c4noc(-c5cnc6ncccn56)n4)cccc3C2N1CCO. The lowest BCUT2D eigenvalue weighted by Gasteiger charge is -2.24. The molecule has 5 amide bonds. The summed E-state index contributed by atoms with van der Waals surface area (Å²) < 4.78 is 38.8. The molecule has 0 saturated carbocycles. The lowest BCUT2D eigenvalue weighted by atomic mass is 10.0. The first kappa shape index (κ1) is 94.8. The summed E-state index contributed by atoms with van der Waals surface area (Å²) in [6.07, 6.45) is 25.9. The molecule has 10 atom stereocenters. The summed E-state index contributed by atoms with van der Waals surface area (Å²) in [7, 11) is 0. The molecular formula is C106H98N26O16S2. The van der Waals surface area contributed by atoms with Crippen molar-refractivity contribution in [1.29, 1.82) is 0 Å². The number of aryl methyl sites for hydroxylation is 2. The Balaban J connectivity index is 0.0000000971. The van der Waals surface area contributed by atoms with Crippen LogP contribution in [0.4, 0.5) is 0 Å². The van der Waals surface area contributed by atoms with Gasteiger partial charge in [-0.05, 0) is 148 Å². The van der Waals surface area contributed by atoms with Crippen LogP contribution in [0.5, 0.6) is 0 Å². The summed E-state index contributed by atoms with van der Waals surface area (Å²) in [5.74, 6) is 9.33. The van der Waals surface area contributed by atoms with E-state index in [0.717, 1.165) is 139 Å². The molecule has 42 nitrogen and oxygen atoms in total. The van der Waals surface area contributed by atoms with Crippen LogP contribution in [0.3, 0.4) is 0 Å². The van der Waals surface area contributed by atoms with Gasteiger partial charge in [-0.25, -0.2) is 34.9 Å². The molecule has 18 aromatic rings. The van der Waals surface area contributed by atoms with Gasteiger partial charge in [-0.3, -0.25) is 32.8 Å². The van der Waals surface area contributed by atoms with Gasteiger partial charge in [0.2, 0.25) is 70.2 Å². The fourth-order valence-corrected chi connectivity index (χ4v) is 25.6. The molecule has 29 rings (SSSR count). The number of rotatable bonds is 22. The van der Waals surface area contributed by atoms with Crippen molar-refractivity contribution < 1.29 is 76.6 Å². The van der Waals surface area contributed by atoms with Gasteiger partial charge in [0.25, 0.3) is 29.5 Å². The Kier molecular flexibility index (Phi) is 25.0. The van der Waals surface area contributed by atoms with E-state index in [1.165, 1.54) is 40.2 Å². The number of likely N-dealkylation sites (tertiary alicyclic amines) is 5. The first-order valence-electron chi connectivity index (χ1n) is 50.3. The number of imidazole rings is 3. The number of carbonyl (C=O) groups excluding carboxylic acids is 5. The maximum Gasteiger partial charge on any atom is 0.287 e. The molecule has 13 aromatic heterocycles. The Morgan fingerprint density at radius 3 is 1.18 bits per heavy atom. The van der Waals surface area contributed by atoms with Crippen LogP contribution in [0.2, 0.25) is 0 Å². The topological polar surface area (TPSA) is 527 Å². The smallest absolute Gasteiger partial charge is 0.287 e. The van der Waals surface area contributed by atoms with Crippen LogP contribution in [0.15, 0.2) is 197 Å². The summed E-state index contributed by atoms with van der Waals surface area (Å²) in [5, 5.41) is 75.3. The van der Waals surface area contributed by atoms with E-state index in [4.69, 9.17) is 27.1 Å². The van der Waals surface area contributed by atoms with Crippen molar-refractivity contribution in [2.45, 2.75) is 140 Å². The van der Waals surface area contributed by atoms with Crippen molar-refractivity contribution in [2.24, 2.45) is 29.6 Å². The third-order valence-electron chi connectivity index (χ3n) is 30.5. The fourth-order valence-electron chi connectivity index (χ4n) is 24.2. The zero-order valence-electron chi connectivity index (χ0n) is 81.2. The van der Waals surface area contributed by atoms with Gasteiger partial charge in [0.1, 0.15) is 22.9 Å². The number of carbonyl (C=O) groups is 5. The molecular weight excluding hydrogens is 1960 g/mol. The maximum atomic E-state index is 12.4. The molecule has 5 aromatic carbocycles. The van der Waals surface area contributed by atoms with E-state index in [2.05, 4.69) is 133 Å². The van der Waals surface area contributed by atoms with Crippen LogP contribution in [-0.2, 0) is 69.0 Å². The van der Waals surface area contributed by atoms with Crippen LogP contribution in [0.1, 0.15) is 161 Å². The van der Waals surface area contributed by atoms with Crippen molar-refractivity contribution in [3.8, 4) is 125 Å².